The molecular weight excluding hydrogens is 334 g/mol. The van der Waals surface area contributed by atoms with Crippen molar-refractivity contribution in [3.8, 4) is 0 Å². The lowest BCUT2D eigenvalue weighted by Gasteiger charge is -2.31. The minimum atomic E-state index is -0.657. The van der Waals surface area contributed by atoms with E-state index in [1.54, 1.807) is 7.05 Å². The number of guanidine groups is 1. The van der Waals surface area contributed by atoms with Crippen molar-refractivity contribution in [2.24, 2.45) is 4.99 Å². The Balaban J connectivity index is 1.76. The van der Waals surface area contributed by atoms with E-state index in [2.05, 4.69) is 9.98 Å². The summed E-state index contributed by atoms with van der Waals surface area (Å²) in [6.45, 7) is 2.74. The summed E-state index contributed by atoms with van der Waals surface area (Å²) in [6.07, 6.45) is 0. The first-order valence-corrected chi connectivity index (χ1v) is 8.33. The number of ether oxygens (including phenoxy) is 1. The summed E-state index contributed by atoms with van der Waals surface area (Å²) in [6, 6.07) is 9.26. The van der Waals surface area contributed by atoms with Crippen LogP contribution in [0.2, 0.25) is 0 Å². The predicted octanol–water partition coefficient (Wildman–Crippen LogP) is 1.04. The topological polar surface area (TPSA) is 80.0 Å². The third-order valence-electron chi connectivity index (χ3n) is 4.73. The lowest BCUT2D eigenvalue weighted by molar-refractivity contribution is -0.141. The first kappa shape index (κ1) is 16.3. The Morgan fingerprint density at radius 3 is 2.73 bits per heavy atom. The molecule has 1 amide bonds. The van der Waals surface area contributed by atoms with Crippen molar-refractivity contribution < 1.29 is 14.3 Å². The standard InChI is InChI=1S/C18H19N5O3/c1-11-19-15-14(22(11)9-12-7-5-4-6-8-12)16(24)21(2)18-20-13(10-23(15)18)17(25)26-3/h4-8,13H,9-10H2,1-3H3/t13-/m0/s1. The van der Waals surface area contributed by atoms with Crippen molar-refractivity contribution >= 4 is 23.7 Å². The number of rotatable bonds is 3. The average molecular weight is 353 g/mol. The zero-order valence-corrected chi connectivity index (χ0v) is 14.8. The molecule has 0 aliphatic carbocycles. The van der Waals surface area contributed by atoms with Gasteiger partial charge in [-0.3, -0.25) is 14.6 Å². The number of benzene rings is 1. The summed E-state index contributed by atoms with van der Waals surface area (Å²) in [7, 11) is 2.99. The van der Waals surface area contributed by atoms with E-state index in [-0.39, 0.29) is 5.91 Å². The number of esters is 1. The van der Waals surface area contributed by atoms with E-state index in [0.29, 0.717) is 30.6 Å². The lowest BCUT2D eigenvalue weighted by Crippen LogP contribution is -2.49. The Kier molecular flexibility index (Phi) is 3.75. The number of methoxy groups -OCH3 is 1. The van der Waals surface area contributed by atoms with Crippen LogP contribution in [0.3, 0.4) is 0 Å². The molecule has 0 fully saturated rings. The smallest absolute Gasteiger partial charge is 0.332 e. The van der Waals surface area contributed by atoms with Gasteiger partial charge in [0, 0.05) is 13.6 Å². The molecule has 0 N–H and O–H groups in total. The van der Waals surface area contributed by atoms with Gasteiger partial charge in [-0.25, -0.2) is 14.8 Å². The van der Waals surface area contributed by atoms with Crippen LogP contribution < -0.4 is 4.90 Å². The second-order valence-electron chi connectivity index (χ2n) is 6.35. The summed E-state index contributed by atoms with van der Waals surface area (Å²) in [5, 5.41) is 0. The first-order valence-electron chi connectivity index (χ1n) is 8.33. The van der Waals surface area contributed by atoms with Crippen molar-refractivity contribution in [1.82, 2.24) is 14.5 Å². The van der Waals surface area contributed by atoms with Gasteiger partial charge in [0.1, 0.15) is 5.82 Å². The highest BCUT2D eigenvalue weighted by molar-refractivity contribution is 6.18. The fourth-order valence-electron chi connectivity index (χ4n) is 3.37. The number of anilines is 1. The molecule has 8 nitrogen and oxygen atoms in total. The van der Waals surface area contributed by atoms with Gasteiger partial charge in [0.05, 0.1) is 13.7 Å². The summed E-state index contributed by atoms with van der Waals surface area (Å²) < 4.78 is 6.70. The minimum Gasteiger partial charge on any atom is -0.467 e. The maximum absolute atomic E-state index is 13.0. The van der Waals surface area contributed by atoms with Gasteiger partial charge in [0.15, 0.2) is 17.6 Å². The molecule has 0 saturated carbocycles. The van der Waals surface area contributed by atoms with Crippen molar-refractivity contribution in [3.63, 3.8) is 0 Å². The van der Waals surface area contributed by atoms with Gasteiger partial charge in [0.2, 0.25) is 5.96 Å². The second-order valence-corrected chi connectivity index (χ2v) is 6.35. The number of fused-ring (bicyclic) bond motifs is 3. The van der Waals surface area contributed by atoms with Gasteiger partial charge >= 0.3 is 5.97 Å². The maximum Gasteiger partial charge on any atom is 0.332 e. The number of hydrogen-bond acceptors (Lipinski definition) is 6. The molecule has 8 heteroatoms. The first-order chi connectivity index (χ1) is 12.5. The number of amides is 1. The van der Waals surface area contributed by atoms with Gasteiger partial charge < -0.3 is 9.30 Å². The van der Waals surface area contributed by atoms with E-state index < -0.39 is 12.0 Å². The van der Waals surface area contributed by atoms with E-state index in [1.807, 2.05) is 46.7 Å². The van der Waals surface area contributed by atoms with Crippen LogP contribution >= 0.6 is 0 Å². The van der Waals surface area contributed by atoms with Gasteiger partial charge in [-0.1, -0.05) is 30.3 Å². The number of carbonyl (C=O) groups excluding carboxylic acids is 2. The zero-order valence-electron chi connectivity index (χ0n) is 14.8. The van der Waals surface area contributed by atoms with E-state index in [4.69, 9.17) is 4.74 Å². The van der Waals surface area contributed by atoms with Gasteiger partial charge in [0.25, 0.3) is 5.91 Å². The molecule has 0 unspecified atom stereocenters. The normalized spacial score (nSPS) is 18.5. The van der Waals surface area contributed by atoms with Crippen molar-refractivity contribution in [1.29, 1.82) is 0 Å². The number of nitrogens with zero attached hydrogens (tertiary/aromatic N) is 5. The Morgan fingerprint density at radius 1 is 1.31 bits per heavy atom. The highest BCUT2D eigenvalue weighted by Crippen LogP contribution is 2.32. The second kappa shape index (κ2) is 5.98. The molecule has 0 saturated heterocycles. The fourth-order valence-corrected chi connectivity index (χ4v) is 3.37. The lowest BCUT2D eigenvalue weighted by atomic mass is 10.2. The Hall–Kier alpha value is -3.16. The van der Waals surface area contributed by atoms with E-state index in [9.17, 15) is 9.59 Å². The van der Waals surface area contributed by atoms with Crippen LogP contribution in [0.25, 0.3) is 0 Å². The fraction of sp³-hybridized carbons (Fsp3) is 0.333. The molecule has 0 spiro atoms. The Bertz CT molecular complexity index is 918. The van der Waals surface area contributed by atoms with E-state index >= 15 is 0 Å². The van der Waals surface area contributed by atoms with Crippen molar-refractivity contribution in [2.75, 3.05) is 25.6 Å². The molecule has 3 heterocycles. The molecule has 134 valence electrons. The summed E-state index contributed by atoms with van der Waals surface area (Å²) >= 11 is 0. The molecule has 1 aromatic heterocycles. The van der Waals surface area contributed by atoms with Gasteiger partial charge in [-0.2, -0.15) is 0 Å². The van der Waals surface area contributed by atoms with Crippen molar-refractivity contribution in [2.45, 2.75) is 19.5 Å². The predicted molar refractivity (Wildman–Crippen MR) is 95.2 cm³/mol. The quantitative estimate of drug-likeness (QED) is 0.771. The van der Waals surface area contributed by atoms with Crippen molar-refractivity contribution in [3.05, 3.63) is 47.4 Å². The highest BCUT2D eigenvalue weighted by atomic mass is 16.5. The van der Waals surface area contributed by atoms with Crippen LogP contribution in [0.1, 0.15) is 21.9 Å². The molecule has 1 atom stereocenters. The third kappa shape index (κ3) is 2.37. The van der Waals surface area contributed by atoms with Crippen LogP contribution in [0, 0.1) is 6.92 Å². The zero-order chi connectivity index (χ0) is 18.4. The molecule has 0 radical (unpaired) electrons. The number of aryl methyl sites for hydroxylation is 1. The van der Waals surface area contributed by atoms with Gasteiger partial charge in [-0.05, 0) is 12.5 Å². The summed E-state index contributed by atoms with van der Waals surface area (Å²) in [5.41, 5.74) is 1.60. The summed E-state index contributed by atoms with van der Waals surface area (Å²) in [5.74, 6) is 1.11. The molecule has 2 aliphatic heterocycles. The van der Waals surface area contributed by atoms with Crippen LogP contribution in [0.5, 0.6) is 0 Å². The SMILES string of the molecule is COC(=O)[C@@H]1CN2C(=N1)N(C)C(=O)c1c2nc(C)n1Cc1ccccc1. The Labute approximate surface area is 150 Å². The Morgan fingerprint density at radius 2 is 2.04 bits per heavy atom. The van der Waals surface area contributed by atoms with Crippen LogP contribution in [-0.4, -0.2) is 59.0 Å². The number of hydrogen-bond donors (Lipinski definition) is 0. The van der Waals surface area contributed by atoms with E-state index in [1.165, 1.54) is 12.0 Å². The molecule has 1 aromatic carbocycles. The molecule has 2 aromatic rings. The molecule has 26 heavy (non-hydrogen) atoms. The number of aliphatic imine (C=N–C) groups is 1. The van der Waals surface area contributed by atoms with Crippen LogP contribution in [-0.2, 0) is 16.1 Å². The van der Waals surface area contributed by atoms with Crippen LogP contribution in [0.4, 0.5) is 5.82 Å². The maximum atomic E-state index is 13.0. The summed E-state index contributed by atoms with van der Waals surface area (Å²) in [4.78, 5) is 37.1. The molecular formula is C18H19N5O3. The molecule has 0 bridgehead atoms. The average Bonchev–Trinajstić information content (AvgIpc) is 3.23. The van der Waals surface area contributed by atoms with Crippen LogP contribution in [0.15, 0.2) is 35.3 Å². The number of aromatic nitrogens is 2. The van der Waals surface area contributed by atoms with E-state index in [0.717, 1.165) is 11.4 Å². The number of carbonyl (C=O) groups is 2. The highest BCUT2D eigenvalue weighted by Gasteiger charge is 2.44. The molecule has 2 aliphatic rings. The number of imidazole rings is 1. The monoisotopic (exact) mass is 353 g/mol. The molecule has 4 rings (SSSR count). The largest absolute Gasteiger partial charge is 0.467 e. The third-order valence-corrected chi connectivity index (χ3v) is 4.73. The van der Waals surface area contributed by atoms with Gasteiger partial charge in [-0.15, -0.1) is 0 Å². The minimum absolute atomic E-state index is 0.183.